The quantitative estimate of drug-likeness (QED) is 0.131. The Morgan fingerprint density at radius 1 is 0.771 bits per heavy atom. The van der Waals surface area contributed by atoms with E-state index in [1.807, 2.05) is 100 Å². The standard InChI is InChI=1S/C41H40N4O3/c1-6-32-33(23-16-24-36(32)48-5)37(46)44-45(40(2,3)4)38(47)28-25-26-34-35(27-28)43-39(42-34)41(29-17-10-7-11-18-29,30-19-12-8-13-20-30)31-21-14-9-15-22-31/h7-27H,6H2,1-5H3,(H,42,43)(H,44,46). The highest BCUT2D eigenvalue weighted by atomic mass is 16.5. The third-order valence-electron chi connectivity index (χ3n) is 8.74. The van der Waals surface area contributed by atoms with Gasteiger partial charge in [0.25, 0.3) is 11.8 Å². The van der Waals surface area contributed by atoms with Crippen LogP contribution in [-0.4, -0.2) is 39.4 Å². The van der Waals surface area contributed by atoms with Crippen LogP contribution in [-0.2, 0) is 11.8 Å². The highest BCUT2D eigenvalue weighted by Gasteiger charge is 2.41. The smallest absolute Gasteiger partial charge is 0.272 e. The Morgan fingerprint density at radius 2 is 1.33 bits per heavy atom. The summed E-state index contributed by atoms with van der Waals surface area (Å²) in [5, 5.41) is 1.40. The molecule has 2 amide bonds. The van der Waals surface area contributed by atoms with Crippen LogP contribution >= 0.6 is 0 Å². The monoisotopic (exact) mass is 636 g/mol. The van der Waals surface area contributed by atoms with Crippen molar-refractivity contribution in [2.24, 2.45) is 0 Å². The number of nitrogens with zero attached hydrogens (tertiary/aromatic N) is 2. The van der Waals surface area contributed by atoms with Crippen molar-refractivity contribution < 1.29 is 14.3 Å². The lowest BCUT2D eigenvalue weighted by Gasteiger charge is -2.35. The van der Waals surface area contributed by atoms with Gasteiger partial charge < -0.3 is 9.72 Å². The van der Waals surface area contributed by atoms with Crippen LogP contribution < -0.4 is 10.2 Å². The summed E-state index contributed by atoms with van der Waals surface area (Å²) < 4.78 is 5.50. The Balaban J connectivity index is 1.44. The second kappa shape index (κ2) is 13.2. The molecule has 0 bridgehead atoms. The third-order valence-corrected chi connectivity index (χ3v) is 8.74. The Labute approximate surface area is 281 Å². The van der Waals surface area contributed by atoms with Crippen LogP contribution in [0.1, 0.15) is 76.5 Å². The van der Waals surface area contributed by atoms with Gasteiger partial charge in [0, 0.05) is 16.7 Å². The average molecular weight is 637 g/mol. The van der Waals surface area contributed by atoms with Crippen LogP contribution in [0.3, 0.4) is 0 Å². The molecule has 48 heavy (non-hydrogen) atoms. The minimum atomic E-state index is -0.758. The zero-order valence-corrected chi connectivity index (χ0v) is 28.0. The van der Waals surface area contributed by atoms with Gasteiger partial charge in [-0.05, 0) is 74.2 Å². The van der Waals surface area contributed by atoms with Gasteiger partial charge >= 0.3 is 0 Å². The van der Waals surface area contributed by atoms with Gasteiger partial charge in [-0.2, -0.15) is 0 Å². The predicted molar refractivity (Wildman–Crippen MR) is 190 cm³/mol. The fraction of sp³-hybridized carbons (Fsp3) is 0.195. The lowest BCUT2D eigenvalue weighted by Crippen LogP contribution is -2.56. The number of methoxy groups -OCH3 is 1. The first-order valence-electron chi connectivity index (χ1n) is 16.2. The van der Waals surface area contributed by atoms with E-state index in [4.69, 9.17) is 9.72 Å². The van der Waals surface area contributed by atoms with E-state index in [-0.39, 0.29) is 11.8 Å². The van der Waals surface area contributed by atoms with Gasteiger partial charge in [-0.3, -0.25) is 15.0 Å². The van der Waals surface area contributed by atoms with E-state index >= 15 is 0 Å². The highest BCUT2D eigenvalue weighted by Crippen LogP contribution is 2.44. The molecule has 0 spiro atoms. The van der Waals surface area contributed by atoms with Gasteiger partial charge in [-0.25, -0.2) is 9.99 Å². The molecule has 7 heteroatoms. The Hall–Kier alpha value is -5.69. The number of nitrogens with one attached hydrogen (secondary N) is 2. The first kappa shape index (κ1) is 32.3. The van der Waals surface area contributed by atoms with Crippen molar-refractivity contribution in [3.63, 3.8) is 0 Å². The van der Waals surface area contributed by atoms with Crippen LogP contribution in [0.25, 0.3) is 11.0 Å². The van der Waals surface area contributed by atoms with Crippen LogP contribution in [0.5, 0.6) is 5.75 Å². The molecule has 242 valence electrons. The first-order valence-corrected chi connectivity index (χ1v) is 16.2. The summed E-state index contributed by atoms with van der Waals surface area (Å²) in [7, 11) is 1.59. The number of hydrazine groups is 1. The molecule has 7 nitrogen and oxygen atoms in total. The minimum Gasteiger partial charge on any atom is -0.496 e. The number of carbonyl (C=O) groups excluding carboxylic acids is 2. The SMILES string of the molecule is CCc1c(OC)cccc1C(=O)NN(C(=O)c1ccc2nc(C(c3ccccc3)(c3ccccc3)c3ccccc3)[nH]c2c1)C(C)(C)C. The lowest BCUT2D eigenvalue weighted by atomic mass is 9.69. The van der Waals surface area contributed by atoms with Crippen molar-refractivity contribution in [3.8, 4) is 5.75 Å². The number of ether oxygens (including phenoxy) is 1. The van der Waals surface area contributed by atoms with E-state index < -0.39 is 11.0 Å². The fourth-order valence-electron chi connectivity index (χ4n) is 6.44. The molecule has 2 N–H and O–H groups in total. The topological polar surface area (TPSA) is 87.3 Å². The van der Waals surface area contributed by atoms with Crippen LogP contribution in [0.2, 0.25) is 0 Å². The number of amides is 2. The highest BCUT2D eigenvalue weighted by molar-refractivity contribution is 6.01. The molecule has 0 fully saturated rings. The maximum atomic E-state index is 14.2. The van der Waals surface area contributed by atoms with Crippen LogP contribution in [0, 0.1) is 0 Å². The molecule has 0 aliphatic rings. The number of aromatic amines is 1. The summed E-state index contributed by atoms with van der Waals surface area (Å²) >= 11 is 0. The maximum Gasteiger partial charge on any atom is 0.272 e. The molecular weight excluding hydrogens is 596 g/mol. The zero-order chi connectivity index (χ0) is 33.9. The Bertz CT molecular complexity index is 1950. The van der Waals surface area contributed by atoms with E-state index in [0.717, 1.165) is 33.6 Å². The van der Waals surface area contributed by atoms with E-state index in [2.05, 4.69) is 46.8 Å². The Kier molecular flexibility index (Phi) is 8.87. The summed E-state index contributed by atoms with van der Waals surface area (Å²) in [5.41, 5.74) is 7.69. The molecule has 6 aromatic rings. The van der Waals surface area contributed by atoms with Crippen molar-refractivity contribution in [2.75, 3.05) is 7.11 Å². The predicted octanol–water partition coefficient (Wildman–Crippen LogP) is 8.10. The molecule has 1 aromatic heterocycles. The summed E-state index contributed by atoms with van der Waals surface area (Å²) in [6.45, 7) is 7.63. The van der Waals surface area contributed by atoms with E-state index in [9.17, 15) is 9.59 Å². The summed E-state index contributed by atoms with van der Waals surface area (Å²) in [5.74, 6) is 0.654. The number of hydrogen-bond donors (Lipinski definition) is 2. The summed E-state index contributed by atoms with van der Waals surface area (Å²) in [6.07, 6.45) is 0.603. The van der Waals surface area contributed by atoms with Crippen molar-refractivity contribution in [3.05, 3.63) is 167 Å². The van der Waals surface area contributed by atoms with E-state index in [1.165, 1.54) is 5.01 Å². The zero-order valence-electron chi connectivity index (χ0n) is 28.0. The van der Waals surface area contributed by atoms with Crippen LogP contribution in [0.4, 0.5) is 0 Å². The number of hydrogen-bond acceptors (Lipinski definition) is 4. The average Bonchev–Trinajstić information content (AvgIpc) is 3.54. The fourth-order valence-corrected chi connectivity index (χ4v) is 6.44. The number of fused-ring (bicyclic) bond motifs is 1. The van der Waals surface area contributed by atoms with Crippen molar-refractivity contribution in [1.29, 1.82) is 0 Å². The number of benzene rings is 5. The number of imidazole rings is 1. The second-order valence-corrected chi connectivity index (χ2v) is 12.8. The number of rotatable bonds is 8. The van der Waals surface area contributed by atoms with Gasteiger partial charge in [0.15, 0.2) is 0 Å². The molecule has 0 saturated carbocycles. The number of aromatic nitrogens is 2. The first-order chi connectivity index (χ1) is 23.2. The molecule has 0 atom stereocenters. The van der Waals surface area contributed by atoms with Crippen LogP contribution in [0.15, 0.2) is 127 Å². The molecule has 0 aliphatic carbocycles. The van der Waals surface area contributed by atoms with Crippen molar-refractivity contribution in [1.82, 2.24) is 20.4 Å². The van der Waals surface area contributed by atoms with Gasteiger partial charge in [0.05, 0.1) is 23.7 Å². The molecular formula is C41H40N4O3. The summed E-state index contributed by atoms with van der Waals surface area (Å²) in [6, 6.07) is 41.8. The van der Waals surface area contributed by atoms with Gasteiger partial charge in [0.1, 0.15) is 17.0 Å². The van der Waals surface area contributed by atoms with Gasteiger partial charge in [0.2, 0.25) is 0 Å². The number of H-pyrrole nitrogens is 1. The molecule has 0 unspecified atom stereocenters. The molecule has 0 saturated heterocycles. The third kappa shape index (κ3) is 5.84. The molecule has 0 aliphatic heterocycles. The Morgan fingerprint density at radius 3 is 1.83 bits per heavy atom. The largest absolute Gasteiger partial charge is 0.496 e. The van der Waals surface area contributed by atoms with Gasteiger partial charge in [-0.15, -0.1) is 0 Å². The van der Waals surface area contributed by atoms with Gasteiger partial charge in [-0.1, -0.05) is 104 Å². The van der Waals surface area contributed by atoms with Crippen molar-refractivity contribution in [2.45, 2.75) is 45.1 Å². The molecule has 5 aromatic carbocycles. The molecule has 6 rings (SSSR count). The maximum absolute atomic E-state index is 14.2. The number of carbonyl (C=O) groups is 2. The van der Waals surface area contributed by atoms with E-state index in [1.54, 1.807) is 25.3 Å². The second-order valence-electron chi connectivity index (χ2n) is 12.8. The molecule has 0 radical (unpaired) electrons. The summed E-state index contributed by atoms with van der Waals surface area (Å²) in [4.78, 5) is 36.6. The van der Waals surface area contributed by atoms with E-state index in [0.29, 0.717) is 28.8 Å². The minimum absolute atomic E-state index is 0.338. The normalized spacial score (nSPS) is 11.7. The molecule has 1 heterocycles. The van der Waals surface area contributed by atoms with Crippen molar-refractivity contribution >= 4 is 22.8 Å². The lowest BCUT2D eigenvalue weighted by molar-refractivity contribution is 0.0358.